The number of hydrogen-bond acceptors (Lipinski definition) is 3. The first-order chi connectivity index (χ1) is 9.66. The normalized spacial score (nSPS) is 18.6. The number of fused-ring (bicyclic) bond motifs is 1. The summed E-state index contributed by atoms with van der Waals surface area (Å²) in [6.45, 7) is 0.646. The highest BCUT2D eigenvalue weighted by Crippen LogP contribution is 2.19. The van der Waals surface area contributed by atoms with Crippen LogP contribution in [-0.4, -0.2) is 44.0 Å². The summed E-state index contributed by atoms with van der Waals surface area (Å²) in [6.07, 6.45) is 2.90. The molecule has 1 aromatic heterocycles. The van der Waals surface area contributed by atoms with E-state index in [-0.39, 0.29) is 12.5 Å². The second-order valence-corrected chi connectivity index (χ2v) is 4.94. The Labute approximate surface area is 115 Å². The van der Waals surface area contributed by atoms with E-state index in [2.05, 4.69) is 4.98 Å². The Hall–Kier alpha value is -2.37. The molecule has 1 N–H and O–H groups in total. The zero-order valence-corrected chi connectivity index (χ0v) is 10.9. The van der Waals surface area contributed by atoms with Gasteiger partial charge in [0.2, 0.25) is 5.91 Å². The van der Waals surface area contributed by atoms with Gasteiger partial charge in [-0.15, -0.1) is 0 Å². The summed E-state index contributed by atoms with van der Waals surface area (Å²) in [5.74, 6) is -1.09. The molecule has 6 heteroatoms. The summed E-state index contributed by atoms with van der Waals surface area (Å²) < 4.78 is 1.76. The number of aliphatic carboxylic acids is 1. The molecule has 0 radical (unpaired) electrons. The quantitative estimate of drug-likeness (QED) is 0.909. The highest BCUT2D eigenvalue weighted by Gasteiger charge is 2.33. The summed E-state index contributed by atoms with van der Waals surface area (Å²) in [6, 6.07) is 6.88. The van der Waals surface area contributed by atoms with Gasteiger partial charge in [-0.05, 0) is 25.0 Å². The lowest BCUT2D eigenvalue weighted by Crippen LogP contribution is -2.41. The molecular formula is C14H15N3O3. The van der Waals surface area contributed by atoms with E-state index in [0.29, 0.717) is 13.0 Å². The molecule has 0 aliphatic carbocycles. The molecule has 2 heterocycles. The molecule has 0 bridgehead atoms. The van der Waals surface area contributed by atoms with Crippen LogP contribution >= 0.6 is 0 Å². The summed E-state index contributed by atoms with van der Waals surface area (Å²) in [5, 5.41) is 9.12. The van der Waals surface area contributed by atoms with Gasteiger partial charge in [0, 0.05) is 6.54 Å². The molecule has 6 nitrogen and oxygen atoms in total. The number of aromatic nitrogens is 2. The third kappa shape index (κ3) is 2.13. The van der Waals surface area contributed by atoms with Gasteiger partial charge in [-0.25, -0.2) is 9.78 Å². The number of amides is 1. The fourth-order valence-electron chi connectivity index (χ4n) is 2.69. The van der Waals surface area contributed by atoms with E-state index in [1.807, 2.05) is 24.3 Å². The number of carboxylic acid groups (broad SMARTS) is 1. The van der Waals surface area contributed by atoms with Gasteiger partial charge in [0.25, 0.3) is 0 Å². The summed E-state index contributed by atoms with van der Waals surface area (Å²) >= 11 is 0. The van der Waals surface area contributed by atoms with Crippen LogP contribution < -0.4 is 0 Å². The average Bonchev–Trinajstić information content (AvgIpc) is 3.06. The number of carbonyl (C=O) groups is 2. The second kappa shape index (κ2) is 4.96. The fourth-order valence-corrected chi connectivity index (χ4v) is 2.69. The van der Waals surface area contributed by atoms with Gasteiger partial charge in [-0.1, -0.05) is 12.1 Å². The Morgan fingerprint density at radius 2 is 2.15 bits per heavy atom. The number of likely N-dealkylation sites (tertiary alicyclic amines) is 1. The Kier molecular flexibility index (Phi) is 3.14. The van der Waals surface area contributed by atoms with Gasteiger partial charge in [-0.2, -0.15) is 0 Å². The number of para-hydroxylation sites is 2. The number of benzene rings is 1. The molecule has 0 spiro atoms. The van der Waals surface area contributed by atoms with Crippen molar-refractivity contribution >= 4 is 22.9 Å². The number of nitrogens with zero attached hydrogens (tertiary/aromatic N) is 3. The van der Waals surface area contributed by atoms with Crippen LogP contribution in [0.2, 0.25) is 0 Å². The molecule has 1 aliphatic heterocycles. The van der Waals surface area contributed by atoms with E-state index in [4.69, 9.17) is 5.11 Å². The first kappa shape index (κ1) is 12.7. The molecule has 1 atom stereocenters. The van der Waals surface area contributed by atoms with Gasteiger partial charge in [0.1, 0.15) is 12.6 Å². The average molecular weight is 273 g/mol. The third-order valence-electron chi connectivity index (χ3n) is 3.69. The second-order valence-electron chi connectivity index (χ2n) is 4.94. The Morgan fingerprint density at radius 3 is 2.95 bits per heavy atom. The van der Waals surface area contributed by atoms with Crippen molar-refractivity contribution in [3.05, 3.63) is 30.6 Å². The minimum atomic E-state index is -0.925. The van der Waals surface area contributed by atoms with Gasteiger partial charge in [-0.3, -0.25) is 4.79 Å². The van der Waals surface area contributed by atoms with Crippen LogP contribution in [0.15, 0.2) is 30.6 Å². The third-order valence-corrected chi connectivity index (χ3v) is 3.69. The van der Waals surface area contributed by atoms with Gasteiger partial charge < -0.3 is 14.6 Å². The Morgan fingerprint density at radius 1 is 1.35 bits per heavy atom. The molecule has 104 valence electrons. The monoisotopic (exact) mass is 273 g/mol. The van der Waals surface area contributed by atoms with E-state index in [1.54, 1.807) is 10.9 Å². The van der Waals surface area contributed by atoms with E-state index >= 15 is 0 Å². The lowest BCUT2D eigenvalue weighted by Gasteiger charge is -2.21. The summed E-state index contributed by atoms with van der Waals surface area (Å²) in [7, 11) is 0. The maximum absolute atomic E-state index is 12.3. The van der Waals surface area contributed by atoms with Crippen molar-refractivity contribution in [2.24, 2.45) is 0 Å². The maximum atomic E-state index is 12.3. The minimum absolute atomic E-state index is 0.129. The molecule has 20 heavy (non-hydrogen) atoms. The van der Waals surface area contributed by atoms with Crippen LogP contribution in [0.5, 0.6) is 0 Å². The lowest BCUT2D eigenvalue weighted by molar-refractivity contribution is -0.148. The fraction of sp³-hybridized carbons (Fsp3) is 0.357. The van der Waals surface area contributed by atoms with Crippen molar-refractivity contribution in [2.45, 2.75) is 25.4 Å². The molecule has 2 aromatic rings. The smallest absolute Gasteiger partial charge is 0.326 e. The van der Waals surface area contributed by atoms with Crippen LogP contribution in [0.4, 0.5) is 0 Å². The van der Waals surface area contributed by atoms with Crippen molar-refractivity contribution in [1.29, 1.82) is 0 Å². The lowest BCUT2D eigenvalue weighted by atomic mass is 10.2. The van der Waals surface area contributed by atoms with Crippen LogP contribution in [0.3, 0.4) is 0 Å². The molecule has 1 aromatic carbocycles. The zero-order chi connectivity index (χ0) is 14.1. The van der Waals surface area contributed by atoms with Gasteiger partial charge in [0.15, 0.2) is 0 Å². The number of hydrogen-bond donors (Lipinski definition) is 1. The van der Waals surface area contributed by atoms with Crippen LogP contribution in [0.25, 0.3) is 11.0 Å². The molecule has 1 aliphatic rings. The topological polar surface area (TPSA) is 75.4 Å². The standard InChI is InChI=1S/C14H15N3O3/c18-13(17-7-3-6-12(17)14(19)20)8-16-9-15-10-4-1-2-5-11(10)16/h1-2,4-5,9,12H,3,6-8H2,(H,19,20). The molecular weight excluding hydrogens is 258 g/mol. The molecule has 1 saturated heterocycles. The predicted molar refractivity (Wildman–Crippen MR) is 72.1 cm³/mol. The van der Waals surface area contributed by atoms with E-state index in [1.165, 1.54) is 4.90 Å². The highest BCUT2D eigenvalue weighted by atomic mass is 16.4. The van der Waals surface area contributed by atoms with Crippen molar-refractivity contribution in [3.8, 4) is 0 Å². The Bertz CT molecular complexity index is 664. The minimum Gasteiger partial charge on any atom is -0.480 e. The Balaban J connectivity index is 1.80. The van der Waals surface area contributed by atoms with Crippen LogP contribution in [0.1, 0.15) is 12.8 Å². The molecule has 3 rings (SSSR count). The SMILES string of the molecule is O=C(O)C1CCCN1C(=O)Cn1cnc2ccccc21. The molecule has 1 fully saturated rings. The molecule has 1 amide bonds. The van der Waals surface area contributed by atoms with Crippen molar-refractivity contribution in [3.63, 3.8) is 0 Å². The molecule has 0 saturated carbocycles. The first-order valence-electron chi connectivity index (χ1n) is 6.59. The largest absolute Gasteiger partial charge is 0.480 e. The van der Waals surface area contributed by atoms with Crippen LogP contribution in [0, 0.1) is 0 Å². The van der Waals surface area contributed by atoms with E-state index in [9.17, 15) is 9.59 Å². The molecule has 1 unspecified atom stereocenters. The van der Waals surface area contributed by atoms with Crippen molar-refractivity contribution in [1.82, 2.24) is 14.5 Å². The number of carbonyl (C=O) groups excluding carboxylic acids is 1. The van der Waals surface area contributed by atoms with Crippen LogP contribution in [-0.2, 0) is 16.1 Å². The number of imidazole rings is 1. The van der Waals surface area contributed by atoms with E-state index < -0.39 is 12.0 Å². The first-order valence-corrected chi connectivity index (χ1v) is 6.59. The number of carboxylic acids is 1. The summed E-state index contributed by atoms with van der Waals surface area (Å²) in [5.41, 5.74) is 1.71. The zero-order valence-electron chi connectivity index (χ0n) is 10.9. The predicted octanol–water partition coefficient (Wildman–Crippen LogP) is 1.11. The van der Waals surface area contributed by atoms with Gasteiger partial charge in [0.05, 0.1) is 17.4 Å². The summed E-state index contributed by atoms with van der Waals surface area (Å²) in [4.78, 5) is 29.1. The number of rotatable bonds is 3. The van der Waals surface area contributed by atoms with E-state index in [0.717, 1.165) is 17.5 Å². The maximum Gasteiger partial charge on any atom is 0.326 e. The van der Waals surface area contributed by atoms with Crippen molar-refractivity contribution < 1.29 is 14.7 Å². The van der Waals surface area contributed by atoms with Gasteiger partial charge >= 0.3 is 5.97 Å². The van der Waals surface area contributed by atoms with Crippen molar-refractivity contribution in [2.75, 3.05) is 6.54 Å². The highest BCUT2D eigenvalue weighted by molar-refractivity contribution is 5.85.